The number of methoxy groups -OCH3 is 1. The number of ether oxygens (including phenoxy) is 2. The molecule has 7 nitrogen and oxygen atoms in total. The molecule has 0 radical (unpaired) electrons. The Labute approximate surface area is 170 Å². The predicted octanol–water partition coefficient (Wildman–Crippen LogP) is 1.80. The Hall–Kier alpha value is -1.99. The Morgan fingerprint density at radius 2 is 1.82 bits per heavy atom. The van der Waals surface area contributed by atoms with E-state index in [0.717, 1.165) is 77.1 Å². The van der Waals surface area contributed by atoms with Gasteiger partial charge >= 0.3 is 0 Å². The summed E-state index contributed by atoms with van der Waals surface area (Å²) in [4.78, 5) is 9.64. The zero-order chi connectivity index (χ0) is 20.0. The fraction of sp³-hybridized carbons (Fsp3) is 0.667. The van der Waals surface area contributed by atoms with Gasteiger partial charge in [-0.2, -0.15) is 0 Å². The molecule has 0 unspecified atom stereocenters. The molecule has 0 amide bonds. The Morgan fingerprint density at radius 1 is 1.07 bits per heavy atom. The molecule has 1 aliphatic rings. The van der Waals surface area contributed by atoms with Crippen molar-refractivity contribution < 1.29 is 9.47 Å². The van der Waals surface area contributed by atoms with Crippen LogP contribution in [-0.4, -0.2) is 83.5 Å². The first kappa shape index (κ1) is 22.3. The van der Waals surface area contributed by atoms with Crippen LogP contribution in [0.15, 0.2) is 29.3 Å². The molecule has 0 spiro atoms. The van der Waals surface area contributed by atoms with E-state index in [1.54, 1.807) is 7.11 Å². The molecule has 2 rings (SSSR count). The van der Waals surface area contributed by atoms with Crippen molar-refractivity contribution in [3.05, 3.63) is 24.3 Å². The lowest BCUT2D eigenvalue weighted by atomic mass is 10.2. The molecule has 7 heteroatoms. The van der Waals surface area contributed by atoms with Gasteiger partial charge in [-0.25, -0.2) is 0 Å². The molecule has 1 heterocycles. The second kappa shape index (κ2) is 13.2. The average molecular weight is 392 g/mol. The van der Waals surface area contributed by atoms with Gasteiger partial charge in [-0.15, -0.1) is 0 Å². The van der Waals surface area contributed by atoms with E-state index in [1.165, 1.54) is 5.69 Å². The lowest BCUT2D eigenvalue weighted by Crippen LogP contribution is -2.46. The van der Waals surface area contributed by atoms with Crippen LogP contribution in [0.3, 0.4) is 0 Å². The van der Waals surface area contributed by atoms with Gasteiger partial charge in [0.25, 0.3) is 0 Å². The first-order valence-electron chi connectivity index (χ1n) is 10.5. The third-order valence-corrected chi connectivity index (χ3v) is 4.80. The van der Waals surface area contributed by atoms with Crippen LogP contribution >= 0.6 is 0 Å². The van der Waals surface area contributed by atoms with E-state index >= 15 is 0 Å². The highest BCUT2D eigenvalue weighted by molar-refractivity contribution is 5.79. The lowest BCUT2D eigenvalue weighted by molar-refractivity contribution is 0.152. The second-order valence-corrected chi connectivity index (χ2v) is 6.76. The molecule has 0 atom stereocenters. The smallest absolute Gasteiger partial charge is 0.191 e. The molecular formula is C21H37N5O2. The Kier molecular flexibility index (Phi) is 10.5. The van der Waals surface area contributed by atoms with Crippen LogP contribution in [0, 0.1) is 0 Å². The van der Waals surface area contributed by atoms with Gasteiger partial charge in [-0.3, -0.25) is 9.89 Å². The number of rotatable bonds is 11. The third-order valence-electron chi connectivity index (χ3n) is 4.80. The Morgan fingerprint density at radius 3 is 2.46 bits per heavy atom. The van der Waals surface area contributed by atoms with Gasteiger partial charge < -0.3 is 25.0 Å². The molecule has 0 aromatic heterocycles. The third kappa shape index (κ3) is 7.94. The minimum atomic E-state index is 0.708. The summed E-state index contributed by atoms with van der Waals surface area (Å²) in [6.07, 6.45) is 1.07. The van der Waals surface area contributed by atoms with Crippen LogP contribution < -0.4 is 20.3 Å². The number of hydrogen-bond donors (Lipinski definition) is 2. The van der Waals surface area contributed by atoms with Crippen molar-refractivity contribution >= 4 is 11.6 Å². The quantitative estimate of drug-likeness (QED) is 0.341. The summed E-state index contributed by atoms with van der Waals surface area (Å²) in [5, 5.41) is 6.59. The average Bonchev–Trinajstić information content (AvgIpc) is 2.74. The van der Waals surface area contributed by atoms with Crippen molar-refractivity contribution in [3.63, 3.8) is 0 Å². The molecule has 0 saturated carbocycles. The van der Waals surface area contributed by atoms with Gasteiger partial charge in [0.1, 0.15) is 5.75 Å². The summed E-state index contributed by atoms with van der Waals surface area (Å²) in [7, 11) is 1.70. The zero-order valence-corrected chi connectivity index (χ0v) is 17.7. The highest BCUT2D eigenvalue weighted by Gasteiger charge is 2.16. The number of nitrogens with one attached hydrogen (secondary N) is 2. The zero-order valence-electron chi connectivity index (χ0n) is 17.7. The monoisotopic (exact) mass is 391 g/mol. The highest BCUT2D eigenvalue weighted by Crippen LogP contribution is 2.20. The van der Waals surface area contributed by atoms with Gasteiger partial charge in [0.2, 0.25) is 0 Å². The number of hydrogen-bond acceptors (Lipinski definition) is 5. The second-order valence-electron chi connectivity index (χ2n) is 6.76. The molecule has 2 N–H and O–H groups in total. The van der Waals surface area contributed by atoms with E-state index in [1.807, 2.05) is 19.1 Å². The normalized spacial score (nSPS) is 15.5. The summed E-state index contributed by atoms with van der Waals surface area (Å²) >= 11 is 0. The molecule has 0 bridgehead atoms. The molecule has 1 aromatic carbocycles. The van der Waals surface area contributed by atoms with Crippen molar-refractivity contribution in [3.8, 4) is 5.75 Å². The van der Waals surface area contributed by atoms with Crippen LogP contribution in [0.2, 0.25) is 0 Å². The van der Waals surface area contributed by atoms with Crippen LogP contribution in [0.4, 0.5) is 5.69 Å². The SMILES string of the molecule is CCNC(=NCCCN1CCN(c2ccc(OC)cc2)CC1)NCCOCC. The number of piperazine rings is 1. The topological polar surface area (TPSA) is 61.4 Å². The molecule has 1 fully saturated rings. The summed E-state index contributed by atoms with van der Waals surface area (Å²) in [6, 6.07) is 8.35. The maximum Gasteiger partial charge on any atom is 0.191 e. The van der Waals surface area contributed by atoms with Gasteiger partial charge in [0, 0.05) is 64.7 Å². The molecule has 1 aliphatic heterocycles. The minimum absolute atomic E-state index is 0.708. The standard InChI is InChI=1S/C21H37N5O2/c1-4-22-21(24-12-18-28-5-2)23-11-6-13-25-14-16-26(17-15-25)19-7-9-20(27-3)10-8-19/h7-10H,4-6,11-18H2,1-3H3,(H2,22,23,24). The lowest BCUT2D eigenvalue weighted by Gasteiger charge is -2.36. The summed E-state index contributed by atoms with van der Waals surface area (Å²) in [6.45, 7) is 13.5. The van der Waals surface area contributed by atoms with E-state index in [0.29, 0.717) is 6.61 Å². The van der Waals surface area contributed by atoms with Crippen LogP contribution in [0.25, 0.3) is 0 Å². The first-order chi connectivity index (χ1) is 13.8. The van der Waals surface area contributed by atoms with Crippen molar-refractivity contribution in [2.75, 3.05) is 77.6 Å². The highest BCUT2D eigenvalue weighted by atomic mass is 16.5. The van der Waals surface area contributed by atoms with Crippen molar-refractivity contribution in [1.82, 2.24) is 15.5 Å². The number of aliphatic imine (C=N–C) groups is 1. The maximum atomic E-state index is 5.36. The first-order valence-corrected chi connectivity index (χ1v) is 10.5. The molecule has 0 aliphatic carbocycles. The Bertz CT molecular complexity index is 556. The molecule has 158 valence electrons. The molecule has 1 aromatic rings. The van der Waals surface area contributed by atoms with E-state index in [4.69, 9.17) is 9.47 Å². The predicted molar refractivity (Wildman–Crippen MR) is 117 cm³/mol. The van der Waals surface area contributed by atoms with Crippen LogP contribution in [0.5, 0.6) is 5.75 Å². The van der Waals surface area contributed by atoms with E-state index < -0.39 is 0 Å². The summed E-state index contributed by atoms with van der Waals surface area (Å²) in [5.74, 6) is 1.79. The van der Waals surface area contributed by atoms with E-state index in [9.17, 15) is 0 Å². The van der Waals surface area contributed by atoms with Crippen molar-refractivity contribution in [2.24, 2.45) is 4.99 Å². The number of benzene rings is 1. The number of nitrogens with zero attached hydrogens (tertiary/aromatic N) is 3. The van der Waals surface area contributed by atoms with E-state index in [-0.39, 0.29) is 0 Å². The van der Waals surface area contributed by atoms with Crippen LogP contribution in [-0.2, 0) is 4.74 Å². The van der Waals surface area contributed by atoms with Crippen LogP contribution in [0.1, 0.15) is 20.3 Å². The fourth-order valence-corrected chi connectivity index (χ4v) is 3.24. The van der Waals surface area contributed by atoms with Gasteiger partial charge in [0.15, 0.2) is 5.96 Å². The molecular weight excluding hydrogens is 354 g/mol. The molecule has 1 saturated heterocycles. The largest absolute Gasteiger partial charge is 0.497 e. The van der Waals surface area contributed by atoms with Gasteiger partial charge in [0.05, 0.1) is 13.7 Å². The maximum absolute atomic E-state index is 5.36. The Balaban J connectivity index is 1.65. The summed E-state index contributed by atoms with van der Waals surface area (Å²) in [5.41, 5.74) is 1.28. The summed E-state index contributed by atoms with van der Waals surface area (Å²) < 4.78 is 10.6. The van der Waals surface area contributed by atoms with Gasteiger partial charge in [-0.05, 0) is 44.5 Å². The number of anilines is 1. The van der Waals surface area contributed by atoms with Crippen molar-refractivity contribution in [1.29, 1.82) is 0 Å². The molecule has 28 heavy (non-hydrogen) atoms. The van der Waals surface area contributed by atoms with Crippen molar-refractivity contribution in [2.45, 2.75) is 20.3 Å². The minimum Gasteiger partial charge on any atom is -0.497 e. The van der Waals surface area contributed by atoms with E-state index in [2.05, 4.69) is 44.5 Å². The van der Waals surface area contributed by atoms with Gasteiger partial charge in [-0.1, -0.05) is 0 Å². The number of guanidine groups is 1. The fourth-order valence-electron chi connectivity index (χ4n) is 3.24.